The van der Waals surface area contributed by atoms with E-state index in [4.69, 9.17) is 4.84 Å². The molecule has 1 N–H and O–H groups in total. The maximum atomic E-state index is 5.20. The Morgan fingerprint density at radius 1 is 1.18 bits per heavy atom. The Bertz CT molecular complexity index is 572. The number of rotatable bonds is 2. The first-order chi connectivity index (χ1) is 8.33. The number of amidine groups is 1. The Morgan fingerprint density at radius 3 is 2.82 bits per heavy atom. The molecule has 0 radical (unpaired) electrons. The monoisotopic (exact) mass is 226 g/mol. The number of hydrogen-bond donors (Lipinski definition) is 1. The zero-order valence-electron chi connectivity index (χ0n) is 9.68. The second kappa shape index (κ2) is 4.18. The molecule has 86 valence electrons. The van der Waals surface area contributed by atoms with Gasteiger partial charge in [-0.3, -0.25) is 5.48 Å². The van der Waals surface area contributed by atoms with Crippen LogP contribution in [-0.2, 0) is 11.3 Å². The predicted octanol–water partition coefficient (Wildman–Crippen LogP) is 2.66. The van der Waals surface area contributed by atoms with Crippen LogP contribution in [0.1, 0.15) is 12.5 Å². The van der Waals surface area contributed by atoms with Gasteiger partial charge in [-0.25, -0.2) is 9.83 Å². The molecule has 0 amide bonds. The quantitative estimate of drug-likeness (QED) is 0.854. The second-order valence-electron chi connectivity index (χ2n) is 4.21. The Labute approximate surface area is 100 Å². The average molecular weight is 226 g/mol. The van der Waals surface area contributed by atoms with E-state index in [0.717, 1.165) is 12.3 Å². The lowest BCUT2D eigenvalue weighted by molar-refractivity contribution is 0.0498. The van der Waals surface area contributed by atoms with Gasteiger partial charge in [0.05, 0.1) is 0 Å². The fourth-order valence-corrected chi connectivity index (χ4v) is 2.13. The molecule has 17 heavy (non-hydrogen) atoms. The summed E-state index contributed by atoms with van der Waals surface area (Å²) in [5, 5.41) is 2.54. The van der Waals surface area contributed by atoms with Crippen molar-refractivity contribution in [2.75, 3.05) is 0 Å². The molecule has 0 aromatic heterocycles. The Hall–Kier alpha value is -1.87. The van der Waals surface area contributed by atoms with Crippen LogP contribution in [0.5, 0.6) is 0 Å². The van der Waals surface area contributed by atoms with Crippen LogP contribution in [0.2, 0.25) is 0 Å². The largest absolute Gasteiger partial charge is 0.250 e. The molecule has 0 spiro atoms. The third-order valence-electron chi connectivity index (χ3n) is 2.92. The first-order valence-corrected chi connectivity index (χ1v) is 5.78. The van der Waals surface area contributed by atoms with Crippen LogP contribution in [0.3, 0.4) is 0 Å². The highest BCUT2D eigenvalue weighted by Crippen LogP contribution is 2.19. The first-order valence-electron chi connectivity index (χ1n) is 5.78. The molecule has 1 atom stereocenters. The standard InChI is InChI=1S/C14H14N2O/c1-10-15-14(16-17-10)9-12-7-4-6-11-5-2-3-8-13(11)12/h2-8,10H,9H2,1H3,(H,15,16). The first kappa shape index (κ1) is 10.3. The second-order valence-corrected chi connectivity index (χ2v) is 4.21. The Balaban J connectivity index is 1.98. The fourth-order valence-electron chi connectivity index (χ4n) is 2.13. The molecular weight excluding hydrogens is 212 g/mol. The van der Waals surface area contributed by atoms with Gasteiger partial charge in [0.2, 0.25) is 0 Å². The highest BCUT2D eigenvalue weighted by atomic mass is 16.7. The van der Waals surface area contributed by atoms with Crippen LogP contribution in [0, 0.1) is 0 Å². The van der Waals surface area contributed by atoms with Gasteiger partial charge in [0.25, 0.3) is 0 Å². The lowest BCUT2D eigenvalue weighted by Gasteiger charge is -2.06. The summed E-state index contributed by atoms with van der Waals surface area (Å²) in [7, 11) is 0. The molecule has 2 aromatic rings. The van der Waals surface area contributed by atoms with Crippen molar-refractivity contribution in [3.05, 3.63) is 48.0 Å². The van der Waals surface area contributed by atoms with Crippen molar-refractivity contribution in [1.29, 1.82) is 0 Å². The summed E-state index contributed by atoms with van der Waals surface area (Å²) in [5.74, 6) is 0.897. The van der Waals surface area contributed by atoms with Gasteiger partial charge >= 0.3 is 0 Å². The van der Waals surface area contributed by atoms with E-state index in [1.807, 2.05) is 6.92 Å². The van der Waals surface area contributed by atoms with Crippen molar-refractivity contribution >= 4 is 16.6 Å². The lowest BCUT2D eigenvalue weighted by Crippen LogP contribution is -2.19. The van der Waals surface area contributed by atoms with E-state index in [1.165, 1.54) is 16.3 Å². The van der Waals surface area contributed by atoms with Crippen LogP contribution in [-0.4, -0.2) is 12.1 Å². The van der Waals surface area contributed by atoms with Crippen molar-refractivity contribution in [2.45, 2.75) is 19.6 Å². The third kappa shape index (κ3) is 2.01. The summed E-state index contributed by atoms with van der Waals surface area (Å²) < 4.78 is 0. The van der Waals surface area contributed by atoms with Crippen LogP contribution < -0.4 is 5.48 Å². The topological polar surface area (TPSA) is 33.6 Å². The highest BCUT2D eigenvalue weighted by Gasteiger charge is 2.13. The molecule has 1 aliphatic rings. The number of aliphatic imine (C=N–C) groups is 1. The Kier molecular flexibility index (Phi) is 2.53. The van der Waals surface area contributed by atoms with Crippen molar-refractivity contribution in [2.24, 2.45) is 4.99 Å². The molecule has 1 unspecified atom stereocenters. The van der Waals surface area contributed by atoms with E-state index in [9.17, 15) is 0 Å². The summed E-state index contributed by atoms with van der Waals surface area (Å²) in [6, 6.07) is 14.7. The number of hydrogen-bond acceptors (Lipinski definition) is 3. The van der Waals surface area contributed by atoms with Gasteiger partial charge in [0, 0.05) is 6.42 Å². The maximum Gasteiger partial charge on any atom is 0.174 e. The van der Waals surface area contributed by atoms with Gasteiger partial charge in [0.1, 0.15) is 5.84 Å². The molecular formula is C14H14N2O. The van der Waals surface area contributed by atoms with Crippen LogP contribution in [0.25, 0.3) is 10.8 Å². The van der Waals surface area contributed by atoms with E-state index < -0.39 is 0 Å². The average Bonchev–Trinajstić information content (AvgIpc) is 2.75. The number of nitrogens with zero attached hydrogens (tertiary/aromatic N) is 1. The Morgan fingerprint density at radius 2 is 2.00 bits per heavy atom. The van der Waals surface area contributed by atoms with Crippen LogP contribution in [0.15, 0.2) is 47.5 Å². The molecule has 0 aliphatic carbocycles. The number of fused-ring (bicyclic) bond motifs is 1. The smallest absolute Gasteiger partial charge is 0.174 e. The summed E-state index contributed by atoms with van der Waals surface area (Å²) in [6.45, 7) is 1.92. The van der Waals surface area contributed by atoms with Crippen molar-refractivity contribution < 1.29 is 4.84 Å². The van der Waals surface area contributed by atoms with E-state index in [0.29, 0.717) is 0 Å². The molecule has 3 rings (SSSR count). The van der Waals surface area contributed by atoms with Gasteiger partial charge in [-0.2, -0.15) is 0 Å². The number of hydroxylamine groups is 1. The highest BCUT2D eigenvalue weighted by molar-refractivity contribution is 5.92. The minimum atomic E-state index is -0.0834. The van der Waals surface area contributed by atoms with E-state index >= 15 is 0 Å². The number of benzene rings is 2. The number of nitrogens with one attached hydrogen (secondary N) is 1. The molecule has 0 saturated carbocycles. The van der Waals surface area contributed by atoms with Crippen molar-refractivity contribution in [1.82, 2.24) is 5.48 Å². The van der Waals surface area contributed by atoms with Gasteiger partial charge in [-0.15, -0.1) is 0 Å². The molecule has 3 nitrogen and oxygen atoms in total. The zero-order valence-corrected chi connectivity index (χ0v) is 9.68. The third-order valence-corrected chi connectivity index (χ3v) is 2.92. The van der Waals surface area contributed by atoms with Crippen LogP contribution >= 0.6 is 0 Å². The molecule has 2 aromatic carbocycles. The molecule has 1 aliphatic heterocycles. The molecule has 0 saturated heterocycles. The van der Waals surface area contributed by atoms with Gasteiger partial charge < -0.3 is 0 Å². The fraction of sp³-hybridized carbons (Fsp3) is 0.214. The van der Waals surface area contributed by atoms with Gasteiger partial charge in [-0.05, 0) is 23.3 Å². The van der Waals surface area contributed by atoms with E-state index in [2.05, 4.69) is 52.9 Å². The summed E-state index contributed by atoms with van der Waals surface area (Å²) in [6.07, 6.45) is 0.700. The SMILES string of the molecule is CC1N=C(Cc2cccc3ccccc23)NO1. The van der Waals surface area contributed by atoms with E-state index in [-0.39, 0.29) is 6.23 Å². The molecule has 0 fully saturated rings. The maximum absolute atomic E-state index is 5.20. The minimum absolute atomic E-state index is 0.0834. The van der Waals surface area contributed by atoms with Gasteiger partial charge in [-0.1, -0.05) is 42.5 Å². The van der Waals surface area contributed by atoms with Crippen molar-refractivity contribution in [3.63, 3.8) is 0 Å². The summed E-state index contributed by atoms with van der Waals surface area (Å²) in [4.78, 5) is 9.57. The summed E-state index contributed by atoms with van der Waals surface area (Å²) >= 11 is 0. The predicted molar refractivity (Wildman–Crippen MR) is 68.8 cm³/mol. The molecule has 3 heteroatoms. The molecule has 1 heterocycles. The summed E-state index contributed by atoms with van der Waals surface area (Å²) in [5.41, 5.74) is 4.14. The zero-order chi connectivity index (χ0) is 11.7. The normalized spacial score (nSPS) is 19.1. The lowest BCUT2D eigenvalue weighted by atomic mass is 10.0. The van der Waals surface area contributed by atoms with E-state index in [1.54, 1.807) is 0 Å². The van der Waals surface area contributed by atoms with Gasteiger partial charge in [0.15, 0.2) is 6.23 Å². The molecule has 0 bridgehead atoms. The van der Waals surface area contributed by atoms with Crippen molar-refractivity contribution in [3.8, 4) is 0 Å². The van der Waals surface area contributed by atoms with Crippen LogP contribution in [0.4, 0.5) is 0 Å². The minimum Gasteiger partial charge on any atom is -0.250 e.